The van der Waals surface area contributed by atoms with Crippen molar-refractivity contribution in [3.8, 4) is 0 Å². The van der Waals surface area contributed by atoms with Gasteiger partial charge in [-0.25, -0.2) is 15.0 Å². The van der Waals surface area contributed by atoms with Crippen molar-refractivity contribution >= 4 is 28.7 Å². The SMILES string of the molecule is CCCCCCCSc1nc(N)c2ncn([C@H]3C(O)[C@@H](O)[C@]4(CO)C[C@H]34)c2n1. The first-order valence-corrected chi connectivity index (χ1v) is 11.1. The van der Waals surface area contributed by atoms with Gasteiger partial charge in [-0.3, -0.25) is 0 Å². The van der Waals surface area contributed by atoms with E-state index in [9.17, 15) is 15.3 Å². The minimum Gasteiger partial charge on any atom is -0.396 e. The predicted molar refractivity (Wildman–Crippen MR) is 108 cm³/mol. The fourth-order valence-corrected chi connectivity index (χ4v) is 5.46. The second kappa shape index (κ2) is 7.78. The van der Waals surface area contributed by atoms with Gasteiger partial charge in [-0.2, -0.15) is 0 Å². The normalized spacial score (nSPS) is 31.4. The summed E-state index contributed by atoms with van der Waals surface area (Å²) in [6.07, 6.45) is 6.46. The van der Waals surface area contributed by atoms with Crippen molar-refractivity contribution in [2.24, 2.45) is 11.3 Å². The van der Waals surface area contributed by atoms with Crippen molar-refractivity contribution < 1.29 is 15.3 Å². The topological polar surface area (TPSA) is 130 Å². The van der Waals surface area contributed by atoms with Crippen LogP contribution in [0.4, 0.5) is 5.82 Å². The summed E-state index contributed by atoms with van der Waals surface area (Å²) in [5, 5.41) is 31.3. The average molecular weight is 408 g/mol. The quantitative estimate of drug-likeness (QED) is 0.281. The first-order valence-electron chi connectivity index (χ1n) is 10.1. The fraction of sp³-hybridized carbons (Fsp3) is 0.737. The molecule has 28 heavy (non-hydrogen) atoms. The number of aliphatic hydroxyl groups is 3. The van der Waals surface area contributed by atoms with Crippen LogP contribution in [0.1, 0.15) is 51.5 Å². The number of anilines is 1. The number of aromatic nitrogens is 4. The second-order valence-electron chi connectivity index (χ2n) is 8.11. The summed E-state index contributed by atoms with van der Waals surface area (Å²) in [6.45, 7) is 2.07. The summed E-state index contributed by atoms with van der Waals surface area (Å²) in [6, 6.07) is -0.367. The molecule has 2 fully saturated rings. The first kappa shape index (κ1) is 19.9. The third kappa shape index (κ3) is 3.18. The van der Waals surface area contributed by atoms with E-state index in [1.165, 1.54) is 25.7 Å². The summed E-state index contributed by atoms with van der Waals surface area (Å²) in [5.41, 5.74) is 6.60. The molecule has 0 aromatic carbocycles. The first-order chi connectivity index (χ1) is 13.5. The molecule has 2 aliphatic carbocycles. The number of nitrogen functional groups attached to an aromatic ring is 1. The summed E-state index contributed by atoms with van der Waals surface area (Å²) in [7, 11) is 0. The predicted octanol–water partition coefficient (Wildman–Crippen LogP) is 1.75. The van der Waals surface area contributed by atoms with Gasteiger partial charge in [-0.1, -0.05) is 44.4 Å². The van der Waals surface area contributed by atoms with Crippen molar-refractivity contribution in [3.05, 3.63) is 6.33 Å². The molecular weight excluding hydrogens is 378 g/mol. The zero-order valence-corrected chi connectivity index (χ0v) is 17.0. The van der Waals surface area contributed by atoms with E-state index in [-0.39, 0.29) is 18.6 Å². The molecule has 0 saturated heterocycles. The minimum absolute atomic E-state index is 0.00533. The van der Waals surface area contributed by atoms with E-state index in [2.05, 4.69) is 21.9 Å². The number of nitrogens with zero attached hydrogens (tertiary/aromatic N) is 4. The standard InChI is InChI=1S/C19H29N5O3S/c1-2-3-4-5-6-7-28-18-22-16(20)12-17(23-18)24(10-21-12)13-11-8-19(11,9-25)15(27)14(13)26/h10-11,13-15,25-27H,2-9H2,1H3,(H2,20,22,23)/t11-,13-,14?,15-,19+/m1/s1. The Balaban J connectivity index is 1.53. The van der Waals surface area contributed by atoms with Gasteiger partial charge in [-0.15, -0.1) is 0 Å². The number of aliphatic hydroxyl groups excluding tert-OH is 3. The molecule has 2 saturated carbocycles. The lowest BCUT2D eigenvalue weighted by Gasteiger charge is -2.23. The Hall–Kier alpha value is -1.42. The van der Waals surface area contributed by atoms with Crippen LogP contribution in [0, 0.1) is 11.3 Å². The third-order valence-corrected chi connectivity index (χ3v) is 7.31. The van der Waals surface area contributed by atoms with Crippen LogP contribution in [0.15, 0.2) is 11.5 Å². The summed E-state index contributed by atoms with van der Waals surface area (Å²) in [5.74, 6) is 1.27. The molecule has 0 radical (unpaired) electrons. The van der Waals surface area contributed by atoms with E-state index in [1.54, 1.807) is 18.1 Å². The number of fused-ring (bicyclic) bond motifs is 2. The number of hydrogen-bond acceptors (Lipinski definition) is 8. The number of imidazole rings is 1. The van der Waals surface area contributed by atoms with E-state index in [0.29, 0.717) is 28.6 Å². The molecule has 5 atom stereocenters. The van der Waals surface area contributed by atoms with Gasteiger partial charge in [0.15, 0.2) is 16.6 Å². The molecule has 0 amide bonds. The van der Waals surface area contributed by atoms with Crippen molar-refractivity contribution in [2.45, 2.75) is 68.9 Å². The largest absolute Gasteiger partial charge is 0.396 e. The molecule has 0 spiro atoms. The van der Waals surface area contributed by atoms with Gasteiger partial charge in [-0.05, 0) is 18.8 Å². The highest BCUT2D eigenvalue weighted by molar-refractivity contribution is 7.99. The molecule has 1 unspecified atom stereocenters. The summed E-state index contributed by atoms with van der Waals surface area (Å²) >= 11 is 1.58. The van der Waals surface area contributed by atoms with E-state index in [1.807, 2.05) is 4.57 Å². The molecule has 0 bridgehead atoms. The Morgan fingerprint density at radius 1 is 1.25 bits per heavy atom. The minimum atomic E-state index is -0.964. The second-order valence-corrected chi connectivity index (χ2v) is 9.17. The molecule has 9 heteroatoms. The Labute approximate surface area is 168 Å². The fourth-order valence-electron chi connectivity index (χ4n) is 4.62. The van der Waals surface area contributed by atoms with E-state index in [4.69, 9.17) is 5.73 Å². The number of hydrogen-bond donors (Lipinski definition) is 4. The maximum absolute atomic E-state index is 10.6. The highest BCUT2D eigenvalue weighted by atomic mass is 32.2. The van der Waals surface area contributed by atoms with Crippen molar-refractivity contribution in [2.75, 3.05) is 18.1 Å². The van der Waals surface area contributed by atoms with Crippen LogP contribution in [0.5, 0.6) is 0 Å². The van der Waals surface area contributed by atoms with E-state index in [0.717, 1.165) is 12.2 Å². The monoisotopic (exact) mass is 407 g/mol. The van der Waals surface area contributed by atoms with Crippen molar-refractivity contribution in [3.63, 3.8) is 0 Å². The van der Waals surface area contributed by atoms with Crippen LogP contribution in [0.2, 0.25) is 0 Å². The van der Waals surface area contributed by atoms with Gasteiger partial charge in [0.2, 0.25) is 0 Å². The molecule has 5 N–H and O–H groups in total. The lowest BCUT2D eigenvalue weighted by molar-refractivity contribution is -0.0300. The lowest BCUT2D eigenvalue weighted by atomic mass is 10.0. The molecule has 154 valence electrons. The third-order valence-electron chi connectivity index (χ3n) is 6.38. The van der Waals surface area contributed by atoms with E-state index < -0.39 is 17.6 Å². The summed E-state index contributed by atoms with van der Waals surface area (Å²) < 4.78 is 1.81. The van der Waals surface area contributed by atoms with Crippen LogP contribution in [-0.2, 0) is 0 Å². The Morgan fingerprint density at radius 2 is 2.04 bits per heavy atom. The lowest BCUT2D eigenvalue weighted by Crippen LogP contribution is -2.35. The van der Waals surface area contributed by atoms with Crippen LogP contribution < -0.4 is 5.73 Å². The van der Waals surface area contributed by atoms with Crippen LogP contribution >= 0.6 is 11.8 Å². The number of rotatable bonds is 9. The molecule has 8 nitrogen and oxygen atoms in total. The molecular formula is C19H29N5O3S. The average Bonchev–Trinajstić information content (AvgIpc) is 3.20. The number of unbranched alkanes of at least 4 members (excludes halogenated alkanes) is 4. The molecule has 2 aromatic rings. The van der Waals surface area contributed by atoms with Gasteiger partial charge < -0.3 is 25.6 Å². The van der Waals surface area contributed by atoms with Crippen LogP contribution in [-0.4, -0.2) is 59.4 Å². The zero-order chi connectivity index (χ0) is 19.9. The molecule has 4 rings (SSSR count). The Bertz CT molecular complexity index is 846. The highest BCUT2D eigenvalue weighted by Gasteiger charge is 2.71. The molecule has 2 heterocycles. The molecule has 2 aromatic heterocycles. The van der Waals surface area contributed by atoms with Gasteiger partial charge in [0.25, 0.3) is 0 Å². The van der Waals surface area contributed by atoms with Crippen LogP contribution in [0.3, 0.4) is 0 Å². The van der Waals surface area contributed by atoms with Gasteiger partial charge >= 0.3 is 0 Å². The maximum atomic E-state index is 10.6. The highest BCUT2D eigenvalue weighted by Crippen LogP contribution is 2.67. The van der Waals surface area contributed by atoms with Crippen LogP contribution in [0.25, 0.3) is 11.2 Å². The Morgan fingerprint density at radius 3 is 2.75 bits per heavy atom. The van der Waals surface area contributed by atoms with Gasteiger partial charge in [0.1, 0.15) is 11.6 Å². The number of thioether (sulfide) groups is 1. The van der Waals surface area contributed by atoms with Crippen molar-refractivity contribution in [1.29, 1.82) is 0 Å². The number of nitrogens with two attached hydrogens (primary N) is 1. The smallest absolute Gasteiger partial charge is 0.191 e. The zero-order valence-electron chi connectivity index (χ0n) is 16.2. The summed E-state index contributed by atoms with van der Waals surface area (Å²) in [4.78, 5) is 13.4. The molecule has 0 aliphatic heterocycles. The van der Waals surface area contributed by atoms with Crippen molar-refractivity contribution in [1.82, 2.24) is 19.5 Å². The van der Waals surface area contributed by atoms with Gasteiger partial charge in [0.05, 0.1) is 25.1 Å². The maximum Gasteiger partial charge on any atom is 0.191 e. The molecule has 2 aliphatic rings. The Kier molecular flexibility index (Phi) is 5.52. The van der Waals surface area contributed by atoms with Gasteiger partial charge in [0, 0.05) is 11.2 Å². The van der Waals surface area contributed by atoms with E-state index >= 15 is 0 Å².